The van der Waals surface area contributed by atoms with Gasteiger partial charge in [0.2, 0.25) is 0 Å². The predicted molar refractivity (Wildman–Crippen MR) is 280 cm³/mol. The van der Waals surface area contributed by atoms with Crippen molar-refractivity contribution in [3.63, 3.8) is 0 Å². The van der Waals surface area contributed by atoms with Crippen LogP contribution in [0.25, 0.3) is 121 Å². The molecule has 0 unspecified atom stereocenters. The first kappa shape index (κ1) is 37.5. The van der Waals surface area contributed by atoms with Crippen molar-refractivity contribution < 1.29 is 8.83 Å². The van der Waals surface area contributed by atoms with Crippen molar-refractivity contribution in [2.75, 3.05) is 0 Å². The number of rotatable bonds is 2. The van der Waals surface area contributed by atoms with Gasteiger partial charge in [-0.05, 0) is 148 Å². The van der Waals surface area contributed by atoms with Gasteiger partial charge in [-0.15, -0.1) is 0 Å². The highest BCUT2D eigenvalue weighted by Gasteiger charge is 2.50. The summed E-state index contributed by atoms with van der Waals surface area (Å²) in [7, 11) is 0. The van der Waals surface area contributed by atoms with Crippen LogP contribution in [0.1, 0.15) is 74.9 Å². The lowest BCUT2D eigenvalue weighted by Crippen LogP contribution is -2.27. The van der Waals surface area contributed by atoms with Crippen molar-refractivity contribution in [1.29, 1.82) is 0 Å². The molecule has 2 heteroatoms. The summed E-state index contributed by atoms with van der Waals surface area (Å²) in [5.74, 6) is 0. The molecule has 0 bridgehead atoms. The van der Waals surface area contributed by atoms with Gasteiger partial charge in [-0.25, -0.2) is 0 Å². The van der Waals surface area contributed by atoms with Crippen molar-refractivity contribution in [2.45, 2.75) is 57.8 Å². The second-order valence-corrected chi connectivity index (χ2v) is 21.2. The average molecular weight is 859 g/mol. The van der Waals surface area contributed by atoms with E-state index in [4.69, 9.17) is 8.83 Å². The van der Waals surface area contributed by atoms with E-state index in [0.717, 1.165) is 55.0 Å². The maximum Gasteiger partial charge on any atom is 0.143 e. The zero-order chi connectivity index (χ0) is 44.9. The number of para-hydroxylation sites is 4. The van der Waals surface area contributed by atoms with Gasteiger partial charge in [0.05, 0.1) is 0 Å². The van der Waals surface area contributed by atoms with Crippen molar-refractivity contribution in [3.05, 3.63) is 203 Å². The van der Waals surface area contributed by atoms with Crippen LogP contribution in [0.3, 0.4) is 0 Å². The first-order valence-electron chi connectivity index (χ1n) is 23.8. The second kappa shape index (κ2) is 12.4. The molecular formula is C65H46O2. The highest BCUT2D eigenvalue weighted by molar-refractivity contribution is 6.12. The minimum atomic E-state index is -0.226. The summed E-state index contributed by atoms with van der Waals surface area (Å²) in [6.07, 6.45) is 0. The Hall–Kier alpha value is -7.68. The lowest BCUT2D eigenvalue weighted by molar-refractivity contribution is 0.578. The van der Waals surface area contributed by atoms with Crippen LogP contribution in [0.2, 0.25) is 0 Å². The maximum atomic E-state index is 6.50. The highest BCUT2D eigenvalue weighted by atomic mass is 16.3. The van der Waals surface area contributed by atoms with Crippen molar-refractivity contribution in [3.8, 4) is 55.6 Å². The topological polar surface area (TPSA) is 26.3 Å². The Labute approximate surface area is 389 Å². The Morgan fingerprint density at radius 3 is 1.12 bits per heavy atom. The van der Waals surface area contributed by atoms with E-state index in [1.54, 1.807) is 0 Å². The van der Waals surface area contributed by atoms with Crippen LogP contribution in [-0.4, -0.2) is 0 Å². The maximum absolute atomic E-state index is 6.50. The van der Waals surface area contributed by atoms with Gasteiger partial charge >= 0.3 is 0 Å². The van der Waals surface area contributed by atoms with Crippen LogP contribution >= 0.6 is 0 Å². The zero-order valence-electron chi connectivity index (χ0n) is 38.5. The molecule has 67 heavy (non-hydrogen) atoms. The first-order chi connectivity index (χ1) is 32.5. The average Bonchev–Trinajstić information content (AvgIpc) is 4.09. The smallest absolute Gasteiger partial charge is 0.143 e. The minimum absolute atomic E-state index is 0.189. The quantitative estimate of drug-likeness (QED) is 0.173. The van der Waals surface area contributed by atoms with Gasteiger partial charge in [0.1, 0.15) is 22.3 Å². The third-order valence-electron chi connectivity index (χ3n) is 16.5. The van der Waals surface area contributed by atoms with E-state index in [-0.39, 0.29) is 16.2 Å². The van der Waals surface area contributed by atoms with Gasteiger partial charge in [0, 0.05) is 48.9 Å². The molecule has 2 aromatic heterocycles. The molecule has 2 heterocycles. The fraction of sp³-hybridized carbons (Fsp3) is 0.138. The van der Waals surface area contributed by atoms with Crippen LogP contribution in [0.5, 0.6) is 0 Å². The summed E-state index contributed by atoms with van der Waals surface area (Å²) in [5.41, 5.74) is 24.7. The van der Waals surface area contributed by atoms with Gasteiger partial charge in [-0.2, -0.15) is 0 Å². The fourth-order valence-electron chi connectivity index (χ4n) is 13.5. The summed E-state index contributed by atoms with van der Waals surface area (Å²) < 4.78 is 13.0. The lowest BCUT2D eigenvalue weighted by atomic mass is 9.69. The Kier molecular flexibility index (Phi) is 6.94. The molecule has 10 aromatic carbocycles. The lowest BCUT2D eigenvalue weighted by Gasteiger charge is -2.34. The number of hydrogen-bond acceptors (Lipinski definition) is 2. The summed E-state index contributed by atoms with van der Waals surface area (Å²) in [5, 5.41) is 9.66. The van der Waals surface area contributed by atoms with Crippen LogP contribution in [0.15, 0.2) is 179 Å². The van der Waals surface area contributed by atoms with E-state index in [0.29, 0.717) is 0 Å². The molecule has 3 aliphatic rings. The number of benzene rings is 10. The van der Waals surface area contributed by atoms with Crippen molar-refractivity contribution in [1.82, 2.24) is 0 Å². The largest absolute Gasteiger partial charge is 0.455 e. The number of fused-ring (bicyclic) bond motifs is 19. The van der Waals surface area contributed by atoms with E-state index >= 15 is 0 Å². The molecule has 0 fully saturated rings. The Morgan fingerprint density at radius 1 is 0.284 bits per heavy atom. The van der Waals surface area contributed by atoms with Crippen LogP contribution < -0.4 is 0 Å². The van der Waals surface area contributed by atoms with Crippen molar-refractivity contribution in [2.24, 2.45) is 0 Å². The van der Waals surface area contributed by atoms with E-state index < -0.39 is 0 Å². The third-order valence-corrected chi connectivity index (χ3v) is 16.5. The summed E-state index contributed by atoms with van der Waals surface area (Å²) >= 11 is 0. The molecule has 0 amide bonds. The van der Waals surface area contributed by atoms with Gasteiger partial charge in [-0.3, -0.25) is 0 Å². The number of hydrogen-bond donors (Lipinski definition) is 0. The van der Waals surface area contributed by atoms with Gasteiger partial charge < -0.3 is 8.83 Å². The molecule has 0 spiro atoms. The first-order valence-corrected chi connectivity index (χ1v) is 23.8. The highest BCUT2D eigenvalue weighted by Crippen LogP contribution is 2.64. The zero-order valence-corrected chi connectivity index (χ0v) is 38.5. The van der Waals surface area contributed by atoms with Crippen molar-refractivity contribution >= 4 is 65.4 Å². The summed E-state index contributed by atoms with van der Waals surface area (Å²) in [6, 6.07) is 63.3. The third kappa shape index (κ3) is 4.70. The van der Waals surface area contributed by atoms with Gasteiger partial charge in [0.25, 0.3) is 0 Å². The summed E-state index contributed by atoms with van der Waals surface area (Å²) in [4.78, 5) is 0. The van der Waals surface area contributed by atoms with Gasteiger partial charge in [0.15, 0.2) is 0 Å². The van der Waals surface area contributed by atoms with Crippen LogP contribution in [0.4, 0.5) is 0 Å². The molecule has 0 aliphatic heterocycles. The molecule has 2 nitrogen and oxygen atoms in total. The summed E-state index contributed by atoms with van der Waals surface area (Å²) in [6.45, 7) is 14.8. The Morgan fingerprint density at radius 2 is 0.672 bits per heavy atom. The predicted octanol–water partition coefficient (Wildman–Crippen LogP) is 18.0. The standard InChI is InChI=1S/C65H46O2/c1-63(2)53-33-35-21-23-37(41-15-11-17-49-43-13-7-9-19-55(43)66-61(41)49)29-39(35)31-51(53)47-27-25-45-46-26-28-48-52-32-40-30-38(42-16-12-18-50-44-14-8-10-20-56(44)67-62(42)50)24-22-36(40)34-54(52)64(3,4)58(48)60(46)65(5,6)59(45)57(47)63/h7-34H,1-6H3. The molecule has 0 radical (unpaired) electrons. The monoisotopic (exact) mass is 858 g/mol. The molecule has 0 N–H and O–H groups in total. The molecule has 0 atom stereocenters. The molecule has 318 valence electrons. The van der Waals surface area contributed by atoms with Crippen LogP contribution in [-0.2, 0) is 16.2 Å². The Balaban J connectivity index is 0.855. The molecule has 0 saturated carbocycles. The number of furan rings is 2. The van der Waals surface area contributed by atoms with E-state index in [1.165, 1.54) is 99.4 Å². The minimum Gasteiger partial charge on any atom is -0.455 e. The van der Waals surface area contributed by atoms with E-state index in [1.807, 2.05) is 12.1 Å². The van der Waals surface area contributed by atoms with Crippen LogP contribution in [0, 0.1) is 0 Å². The molecule has 15 rings (SSSR count). The normalized spacial score (nSPS) is 15.7. The second-order valence-electron chi connectivity index (χ2n) is 21.2. The van der Waals surface area contributed by atoms with E-state index in [9.17, 15) is 0 Å². The SMILES string of the molecule is CC1(C)c2cc3ccc(-c4cccc5c4oc4ccccc45)cc3cc2-c2ccc3c(c21)C(C)(C)c1c-3ccc2c1C(C)(C)c1cc3ccc(-c4cccc5c4oc4ccccc45)cc3cc1-2. The molecule has 0 saturated heterocycles. The fourth-order valence-corrected chi connectivity index (χ4v) is 13.5. The molecule has 12 aromatic rings. The Bertz CT molecular complexity index is 3970. The van der Waals surface area contributed by atoms with E-state index in [2.05, 4.69) is 199 Å². The molecular weight excluding hydrogens is 813 g/mol. The molecule has 3 aliphatic carbocycles. The van der Waals surface area contributed by atoms with Gasteiger partial charge in [-0.1, -0.05) is 163 Å².